The zero-order chi connectivity index (χ0) is 10.4. The Balaban J connectivity index is 4.25. The molecule has 0 radical (unpaired) electrons. The fourth-order valence-electron chi connectivity index (χ4n) is 1.74. The number of nitrogens with zero attached hydrogens (tertiary/aromatic N) is 1. The van der Waals surface area contributed by atoms with Crippen molar-refractivity contribution in [1.29, 1.82) is 0 Å². The smallest absolute Gasteiger partial charge is 0.304 e. The first-order chi connectivity index (χ1) is 6.02. The van der Waals surface area contributed by atoms with Gasteiger partial charge in [-0.2, -0.15) is 0 Å². The fraction of sp³-hybridized carbons (Fsp3) is 0.900. The second kappa shape index (κ2) is 5.97. The van der Waals surface area contributed by atoms with E-state index in [1.165, 1.54) is 0 Å². The first-order valence-electron chi connectivity index (χ1n) is 5.00. The van der Waals surface area contributed by atoms with Crippen LogP contribution in [0.4, 0.5) is 0 Å². The predicted octanol–water partition coefficient (Wildman–Crippen LogP) is 1.97. The van der Waals surface area contributed by atoms with Crippen LogP contribution in [0, 0.1) is 0 Å². The number of carboxylic acids is 1. The average Bonchev–Trinajstić information content (AvgIpc) is 2.02. The van der Waals surface area contributed by atoms with Crippen LogP contribution in [0.1, 0.15) is 40.5 Å². The van der Waals surface area contributed by atoms with Crippen LogP contribution in [-0.4, -0.2) is 34.6 Å². The van der Waals surface area contributed by atoms with Gasteiger partial charge in [-0.25, -0.2) is 0 Å². The molecule has 3 heteroatoms. The van der Waals surface area contributed by atoms with E-state index >= 15 is 0 Å². The lowest BCUT2D eigenvalue weighted by Crippen LogP contribution is -2.41. The number of hydrogen-bond donors (Lipinski definition) is 1. The fourth-order valence-corrected chi connectivity index (χ4v) is 1.74. The predicted molar refractivity (Wildman–Crippen MR) is 53.8 cm³/mol. The molecule has 0 rings (SSSR count). The molecule has 0 amide bonds. The molecule has 0 heterocycles. The van der Waals surface area contributed by atoms with Crippen LogP contribution in [0.3, 0.4) is 0 Å². The van der Waals surface area contributed by atoms with Gasteiger partial charge in [-0.05, 0) is 26.8 Å². The summed E-state index contributed by atoms with van der Waals surface area (Å²) < 4.78 is 0. The Morgan fingerprint density at radius 2 is 1.92 bits per heavy atom. The van der Waals surface area contributed by atoms with Gasteiger partial charge in [0.1, 0.15) is 0 Å². The van der Waals surface area contributed by atoms with Gasteiger partial charge in [0.2, 0.25) is 0 Å². The summed E-state index contributed by atoms with van der Waals surface area (Å²) >= 11 is 0. The third-order valence-corrected chi connectivity index (χ3v) is 2.38. The standard InChI is InChI=1S/C10H21NO2/c1-5-9(7-10(12)13)11(6-2)8(3)4/h8-9H,5-7H2,1-4H3,(H,12,13). The quantitative estimate of drug-likeness (QED) is 0.691. The maximum Gasteiger partial charge on any atom is 0.304 e. The van der Waals surface area contributed by atoms with Crippen LogP contribution in [0.5, 0.6) is 0 Å². The molecule has 0 aliphatic heterocycles. The number of hydrogen-bond acceptors (Lipinski definition) is 2. The van der Waals surface area contributed by atoms with E-state index in [0.717, 1.165) is 13.0 Å². The van der Waals surface area contributed by atoms with Crippen molar-refractivity contribution in [3.63, 3.8) is 0 Å². The van der Waals surface area contributed by atoms with Gasteiger partial charge in [0.25, 0.3) is 0 Å². The molecule has 0 bridgehead atoms. The van der Waals surface area contributed by atoms with E-state index in [2.05, 4.69) is 25.7 Å². The molecule has 78 valence electrons. The Labute approximate surface area is 80.7 Å². The van der Waals surface area contributed by atoms with E-state index < -0.39 is 5.97 Å². The summed E-state index contributed by atoms with van der Waals surface area (Å²) in [4.78, 5) is 12.8. The molecule has 0 saturated heterocycles. The van der Waals surface area contributed by atoms with Crippen molar-refractivity contribution in [2.75, 3.05) is 6.54 Å². The highest BCUT2D eigenvalue weighted by Crippen LogP contribution is 2.12. The number of carbonyl (C=O) groups is 1. The second-order valence-electron chi connectivity index (χ2n) is 3.58. The van der Waals surface area contributed by atoms with Gasteiger partial charge in [-0.1, -0.05) is 13.8 Å². The summed E-state index contributed by atoms with van der Waals surface area (Å²) in [6.07, 6.45) is 1.15. The highest BCUT2D eigenvalue weighted by Gasteiger charge is 2.20. The van der Waals surface area contributed by atoms with Crippen molar-refractivity contribution in [2.45, 2.75) is 52.6 Å². The first-order valence-corrected chi connectivity index (χ1v) is 5.00. The summed E-state index contributed by atoms with van der Waals surface area (Å²) in [6, 6.07) is 0.608. The van der Waals surface area contributed by atoms with Crippen molar-refractivity contribution in [2.24, 2.45) is 0 Å². The maximum absolute atomic E-state index is 10.6. The van der Waals surface area contributed by atoms with Crippen molar-refractivity contribution in [3.05, 3.63) is 0 Å². The lowest BCUT2D eigenvalue weighted by atomic mass is 10.1. The topological polar surface area (TPSA) is 40.5 Å². The molecule has 0 aromatic heterocycles. The van der Waals surface area contributed by atoms with Crippen LogP contribution in [0.2, 0.25) is 0 Å². The van der Waals surface area contributed by atoms with Crippen LogP contribution in [-0.2, 0) is 4.79 Å². The molecule has 0 saturated carbocycles. The molecule has 0 fully saturated rings. The van der Waals surface area contributed by atoms with E-state index in [-0.39, 0.29) is 12.5 Å². The van der Waals surface area contributed by atoms with Gasteiger partial charge >= 0.3 is 5.97 Å². The highest BCUT2D eigenvalue weighted by molar-refractivity contribution is 5.67. The maximum atomic E-state index is 10.6. The normalized spacial score (nSPS) is 13.7. The van der Waals surface area contributed by atoms with E-state index in [1.54, 1.807) is 0 Å². The molecule has 3 nitrogen and oxygen atoms in total. The second-order valence-corrected chi connectivity index (χ2v) is 3.58. The molecule has 1 atom stereocenters. The monoisotopic (exact) mass is 187 g/mol. The van der Waals surface area contributed by atoms with Crippen molar-refractivity contribution in [1.82, 2.24) is 4.90 Å². The van der Waals surface area contributed by atoms with Crippen LogP contribution in [0.15, 0.2) is 0 Å². The number of rotatable bonds is 6. The summed E-state index contributed by atoms with van der Waals surface area (Å²) in [7, 11) is 0. The van der Waals surface area contributed by atoms with Crippen molar-refractivity contribution in [3.8, 4) is 0 Å². The third-order valence-electron chi connectivity index (χ3n) is 2.38. The van der Waals surface area contributed by atoms with Crippen molar-refractivity contribution >= 4 is 5.97 Å². The Kier molecular flexibility index (Phi) is 5.71. The Morgan fingerprint density at radius 3 is 2.15 bits per heavy atom. The Morgan fingerprint density at radius 1 is 1.38 bits per heavy atom. The third kappa shape index (κ3) is 4.27. The summed E-state index contributed by atoms with van der Waals surface area (Å²) in [6.45, 7) is 9.24. The number of carboxylic acid groups (broad SMARTS) is 1. The summed E-state index contributed by atoms with van der Waals surface area (Å²) in [5, 5.41) is 8.71. The molecular formula is C10H21NO2. The van der Waals surface area contributed by atoms with Crippen LogP contribution < -0.4 is 0 Å². The minimum Gasteiger partial charge on any atom is -0.481 e. The van der Waals surface area contributed by atoms with Gasteiger partial charge in [0.05, 0.1) is 6.42 Å². The van der Waals surface area contributed by atoms with Gasteiger partial charge in [-0.15, -0.1) is 0 Å². The summed E-state index contributed by atoms with van der Waals surface area (Å²) in [5.74, 6) is -0.703. The van der Waals surface area contributed by atoms with E-state index in [1.807, 2.05) is 6.92 Å². The first kappa shape index (κ1) is 12.4. The summed E-state index contributed by atoms with van der Waals surface area (Å²) in [5.41, 5.74) is 0. The molecular weight excluding hydrogens is 166 g/mol. The zero-order valence-corrected chi connectivity index (χ0v) is 9.08. The van der Waals surface area contributed by atoms with Crippen molar-refractivity contribution < 1.29 is 9.90 Å². The Bertz CT molecular complexity index is 157. The Hall–Kier alpha value is -0.570. The average molecular weight is 187 g/mol. The molecule has 0 spiro atoms. The van der Waals surface area contributed by atoms with E-state index in [0.29, 0.717) is 6.04 Å². The zero-order valence-electron chi connectivity index (χ0n) is 9.08. The van der Waals surface area contributed by atoms with E-state index in [4.69, 9.17) is 5.11 Å². The molecule has 1 unspecified atom stereocenters. The number of aliphatic carboxylic acids is 1. The molecule has 1 N–H and O–H groups in total. The minimum atomic E-state index is -0.703. The molecule has 0 aromatic carbocycles. The minimum absolute atomic E-state index is 0.183. The molecule has 0 aliphatic rings. The van der Waals surface area contributed by atoms with Gasteiger partial charge in [0, 0.05) is 12.1 Å². The molecule has 13 heavy (non-hydrogen) atoms. The molecule has 0 aliphatic carbocycles. The van der Waals surface area contributed by atoms with Crippen LogP contribution in [0.25, 0.3) is 0 Å². The largest absolute Gasteiger partial charge is 0.481 e. The lowest BCUT2D eigenvalue weighted by molar-refractivity contribution is -0.138. The van der Waals surface area contributed by atoms with Gasteiger partial charge < -0.3 is 5.11 Å². The highest BCUT2D eigenvalue weighted by atomic mass is 16.4. The van der Waals surface area contributed by atoms with Crippen LogP contribution >= 0.6 is 0 Å². The van der Waals surface area contributed by atoms with Gasteiger partial charge in [-0.3, -0.25) is 9.69 Å². The lowest BCUT2D eigenvalue weighted by Gasteiger charge is -2.32. The molecule has 0 aromatic rings. The SMILES string of the molecule is CCC(CC(=O)O)N(CC)C(C)C. The van der Waals surface area contributed by atoms with Gasteiger partial charge in [0.15, 0.2) is 0 Å². The van der Waals surface area contributed by atoms with E-state index in [9.17, 15) is 4.79 Å².